The summed E-state index contributed by atoms with van der Waals surface area (Å²) < 4.78 is 29.1. The van der Waals surface area contributed by atoms with Gasteiger partial charge in [0, 0.05) is 19.0 Å². The third kappa shape index (κ3) is 4.17. The first-order valence-corrected chi connectivity index (χ1v) is 12.4. The minimum atomic E-state index is -3.69. The van der Waals surface area contributed by atoms with Crippen molar-refractivity contribution < 1.29 is 8.42 Å². The summed E-state index contributed by atoms with van der Waals surface area (Å²) in [5, 5.41) is 8.31. The van der Waals surface area contributed by atoms with Gasteiger partial charge in [-0.3, -0.25) is 4.79 Å². The molecule has 9 nitrogen and oxygen atoms in total. The Morgan fingerprint density at radius 1 is 1.03 bits per heavy atom. The normalized spacial score (nSPS) is 15.8. The number of nitrogens with one attached hydrogen (secondary N) is 1. The number of hydrogen-bond acceptors (Lipinski definition) is 6. The Labute approximate surface area is 195 Å². The topological polar surface area (TPSA) is 114 Å². The van der Waals surface area contributed by atoms with E-state index in [4.69, 9.17) is 11.6 Å². The molecule has 11 heteroatoms. The van der Waals surface area contributed by atoms with Crippen LogP contribution in [0.3, 0.4) is 0 Å². The average Bonchev–Trinajstić information content (AvgIpc) is 3.23. The van der Waals surface area contributed by atoms with E-state index in [0.29, 0.717) is 43.9 Å². The molecule has 0 radical (unpaired) electrons. The highest BCUT2D eigenvalue weighted by atomic mass is 35.5. The molecule has 1 saturated heterocycles. The van der Waals surface area contributed by atoms with Crippen LogP contribution in [-0.4, -0.2) is 50.8 Å². The van der Waals surface area contributed by atoms with E-state index in [1.54, 1.807) is 22.9 Å². The Bertz CT molecular complexity index is 1460. The van der Waals surface area contributed by atoms with E-state index in [1.807, 2.05) is 30.3 Å². The molecule has 33 heavy (non-hydrogen) atoms. The largest absolute Gasteiger partial charge is 0.308 e. The molecule has 1 aliphatic rings. The molecule has 0 bridgehead atoms. The second kappa shape index (κ2) is 8.69. The first-order chi connectivity index (χ1) is 15.9. The smallest absolute Gasteiger partial charge is 0.281 e. The molecule has 0 saturated carbocycles. The van der Waals surface area contributed by atoms with E-state index < -0.39 is 10.0 Å². The van der Waals surface area contributed by atoms with Crippen LogP contribution < -0.4 is 5.56 Å². The van der Waals surface area contributed by atoms with Crippen molar-refractivity contribution in [1.29, 1.82) is 0 Å². The maximum Gasteiger partial charge on any atom is 0.281 e. The Hall–Kier alpha value is -3.08. The van der Waals surface area contributed by atoms with Gasteiger partial charge in [-0.25, -0.2) is 18.1 Å². The summed E-state index contributed by atoms with van der Waals surface area (Å²) in [6.45, 7) is 1.06. The van der Waals surface area contributed by atoms with Crippen molar-refractivity contribution in [1.82, 2.24) is 29.3 Å². The van der Waals surface area contributed by atoms with E-state index in [0.717, 1.165) is 5.56 Å². The molecule has 1 aliphatic heterocycles. The maximum absolute atomic E-state index is 13.0. The fourth-order valence-electron chi connectivity index (χ4n) is 4.10. The zero-order valence-electron chi connectivity index (χ0n) is 17.6. The van der Waals surface area contributed by atoms with Gasteiger partial charge in [0.1, 0.15) is 10.7 Å². The number of fused-ring (bicyclic) bond motifs is 1. The number of hydrogen-bond donors (Lipinski definition) is 1. The lowest BCUT2D eigenvalue weighted by Crippen LogP contribution is -2.38. The quantitative estimate of drug-likeness (QED) is 0.466. The number of H-pyrrole nitrogens is 1. The second-order valence-electron chi connectivity index (χ2n) is 7.96. The lowest BCUT2D eigenvalue weighted by molar-refractivity contribution is 0.313. The molecule has 2 aromatic heterocycles. The van der Waals surface area contributed by atoms with Crippen LogP contribution in [0, 0.1) is 0 Å². The third-order valence-electron chi connectivity index (χ3n) is 5.86. The second-order valence-corrected chi connectivity index (χ2v) is 10.3. The summed E-state index contributed by atoms with van der Waals surface area (Å²) in [6.07, 6.45) is 1.05. The fraction of sp³-hybridized carbons (Fsp3) is 0.273. The summed E-state index contributed by atoms with van der Waals surface area (Å²) >= 11 is 6.12. The molecular formula is C22H21ClN6O3S. The van der Waals surface area contributed by atoms with Crippen molar-refractivity contribution in [3.63, 3.8) is 0 Å². The van der Waals surface area contributed by atoms with E-state index in [2.05, 4.69) is 20.3 Å². The Kier molecular flexibility index (Phi) is 5.73. The standard InChI is InChI=1S/C22H21ClN6O3S/c23-17-8-4-5-9-18(17)33(31,32)28-12-10-16(11-13-28)20-24-21-19(22(30)25-20)26-27-29(21)14-15-6-2-1-3-7-15/h1-9,16H,10-14H2,(H,24,25,30). The van der Waals surface area contributed by atoms with E-state index in [1.165, 1.54) is 10.4 Å². The van der Waals surface area contributed by atoms with Crippen LogP contribution in [0.2, 0.25) is 5.02 Å². The van der Waals surface area contributed by atoms with Crippen LogP contribution in [0.1, 0.15) is 30.1 Å². The van der Waals surface area contributed by atoms with Gasteiger partial charge in [-0.15, -0.1) is 5.10 Å². The molecule has 0 spiro atoms. The summed E-state index contributed by atoms with van der Waals surface area (Å²) in [5.74, 6) is 0.443. The van der Waals surface area contributed by atoms with Gasteiger partial charge >= 0.3 is 0 Å². The zero-order valence-corrected chi connectivity index (χ0v) is 19.1. The van der Waals surface area contributed by atoms with Crippen molar-refractivity contribution in [3.05, 3.63) is 81.4 Å². The number of benzene rings is 2. The van der Waals surface area contributed by atoms with Crippen LogP contribution in [0.25, 0.3) is 11.2 Å². The number of halogens is 1. The highest BCUT2D eigenvalue weighted by Crippen LogP contribution is 2.31. The predicted molar refractivity (Wildman–Crippen MR) is 124 cm³/mol. The molecule has 1 N–H and O–H groups in total. The van der Waals surface area contributed by atoms with E-state index in [9.17, 15) is 13.2 Å². The van der Waals surface area contributed by atoms with Gasteiger partial charge in [0.2, 0.25) is 10.0 Å². The Balaban J connectivity index is 1.38. The molecule has 5 rings (SSSR count). The number of rotatable bonds is 5. The zero-order chi connectivity index (χ0) is 23.0. The van der Waals surface area contributed by atoms with Crippen molar-refractivity contribution in [3.8, 4) is 0 Å². The number of nitrogens with zero attached hydrogens (tertiary/aromatic N) is 5. The molecule has 4 aromatic rings. The Morgan fingerprint density at radius 3 is 2.45 bits per heavy atom. The molecule has 0 amide bonds. The van der Waals surface area contributed by atoms with E-state index >= 15 is 0 Å². The minimum Gasteiger partial charge on any atom is -0.308 e. The molecule has 170 valence electrons. The molecule has 0 atom stereocenters. The molecule has 3 heterocycles. The maximum atomic E-state index is 13.0. The fourth-order valence-corrected chi connectivity index (χ4v) is 6.06. The minimum absolute atomic E-state index is 0.0835. The van der Waals surface area contributed by atoms with Crippen LogP contribution in [-0.2, 0) is 16.6 Å². The van der Waals surface area contributed by atoms with Crippen LogP contribution in [0.5, 0.6) is 0 Å². The lowest BCUT2D eigenvalue weighted by atomic mass is 9.97. The molecule has 0 unspecified atom stereocenters. The first-order valence-electron chi connectivity index (χ1n) is 10.6. The molecule has 1 fully saturated rings. The van der Waals surface area contributed by atoms with Crippen LogP contribution in [0.4, 0.5) is 0 Å². The predicted octanol–water partition coefficient (Wildman–Crippen LogP) is 2.78. The monoisotopic (exact) mass is 484 g/mol. The number of piperidine rings is 1. The summed E-state index contributed by atoms with van der Waals surface area (Å²) in [6, 6.07) is 16.2. The third-order valence-corrected chi connectivity index (χ3v) is 8.26. The van der Waals surface area contributed by atoms with Crippen LogP contribution in [0.15, 0.2) is 64.3 Å². The summed E-state index contributed by atoms with van der Waals surface area (Å²) in [4.78, 5) is 20.2. The van der Waals surface area contributed by atoms with Gasteiger partial charge in [-0.1, -0.05) is 59.3 Å². The van der Waals surface area contributed by atoms with Gasteiger partial charge in [0.05, 0.1) is 11.6 Å². The lowest BCUT2D eigenvalue weighted by Gasteiger charge is -2.30. The van der Waals surface area contributed by atoms with Gasteiger partial charge in [-0.05, 0) is 30.5 Å². The van der Waals surface area contributed by atoms with Gasteiger partial charge in [0.15, 0.2) is 11.2 Å². The number of sulfonamides is 1. The SMILES string of the molecule is O=c1[nH]c(C2CCN(S(=O)(=O)c3ccccc3Cl)CC2)nc2c1nnn2Cc1ccccc1. The first kappa shape index (κ1) is 21.7. The average molecular weight is 485 g/mol. The highest BCUT2D eigenvalue weighted by Gasteiger charge is 2.32. The molecule has 2 aromatic carbocycles. The van der Waals surface area contributed by atoms with E-state index in [-0.39, 0.29) is 26.9 Å². The summed E-state index contributed by atoms with van der Waals surface area (Å²) in [5.41, 5.74) is 1.28. The van der Waals surface area contributed by atoms with Crippen molar-refractivity contribution >= 4 is 32.8 Å². The van der Waals surface area contributed by atoms with Gasteiger partial charge < -0.3 is 4.98 Å². The number of aromatic amines is 1. The molecular weight excluding hydrogens is 464 g/mol. The van der Waals surface area contributed by atoms with Crippen molar-refractivity contribution in [2.45, 2.75) is 30.2 Å². The van der Waals surface area contributed by atoms with Crippen molar-refractivity contribution in [2.75, 3.05) is 13.1 Å². The van der Waals surface area contributed by atoms with Gasteiger partial charge in [-0.2, -0.15) is 4.31 Å². The van der Waals surface area contributed by atoms with Crippen molar-refractivity contribution in [2.24, 2.45) is 0 Å². The van der Waals surface area contributed by atoms with Gasteiger partial charge in [0.25, 0.3) is 5.56 Å². The Morgan fingerprint density at radius 2 is 1.73 bits per heavy atom. The summed E-state index contributed by atoms with van der Waals surface area (Å²) in [7, 11) is -3.69. The number of aromatic nitrogens is 5. The van der Waals surface area contributed by atoms with Crippen LogP contribution >= 0.6 is 11.6 Å². The molecule has 0 aliphatic carbocycles. The highest BCUT2D eigenvalue weighted by molar-refractivity contribution is 7.89.